The molecule has 1 aromatic heterocycles. The number of furan rings is 1. The number of non-ortho nitro benzene ring substituents is 1. The minimum atomic E-state index is -0.505. The number of benzene rings is 2. The average Bonchev–Trinajstić information content (AvgIpc) is 3.16. The summed E-state index contributed by atoms with van der Waals surface area (Å²) in [5.41, 5.74) is 3.22. The van der Waals surface area contributed by atoms with Gasteiger partial charge in [0.2, 0.25) is 0 Å². The molecule has 1 amide bonds. The molecule has 1 N–H and O–H groups in total. The topological polar surface area (TPSA) is 107 Å². The van der Waals surface area contributed by atoms with E-state index in [-0.39, 0.29) is 5.69 Å². The van der Waals surface area contributed by atoms with Gasteiger partial charge in [-0.15, -0.1) is 0 Å². The number of ether oxygens (including phenoxy) is 1. The quantitative estimate of drug-likeness (QED) is 0.378. The summed E-state index contributed by atoms with van der Waals surface area (Å²) in [5.74, 6) is 0.708. The summed E-state index contributed by atoms with van der Waals surface area (Å²) >= 11 is 5.85. The molecular formula is C19H14ClN3O5. The third kappa shape index (κ3) is 4.36. The Hall–Kier alpha value is -3.65. The Morgan fingerprint density at radius 3 is 2.79 bits per heavy atom. The predicted octanol–water partition coefficient (Wildman–Crippen LogP) is 4.28. The van der Waals surface area contributed by atoms with Crippen LogP contribution in [0.5, 0.6) is 5.75 Å². The molecule has 3 aromatic rings. The number of hydrazone groups is 1. The molecule has 0 aliphatic heterocycles. The van der Waals surface area contributed by atoms with Crippen molar-refractivity contribution in [1.82, 2.24) is 5.43 Å². The molecule has 0 fully saturated rings. The molecule has 0 spiro atoms. The van der Waals surface area contributed by atoms with Crippen molar-refractivity contribution in [2.75, 3.05) is 7.11 Å². The molecule has 9 heteroatoms. The zero-order valence-corrected chi connectivity index (χ0v) is 15.3. The standard InChI is InChI=1S/C19H14ClN3O5/c1-27-18-10-14(23(25)26)5-7-16(18)17-8-6-15(28-17)11-21-22-19(24)12-3-2-4-13(20)9-12/h2-11H,1H3,(H,22,24)/b21-11-. The third-order valence-electron chi connectivity index (χ3n) is 3.73. The molecule has 2 aromatic carbocycles. The summed E-state index contributed by atoms with van der Waals surface area (Å²) < 4.78 is 10.9. The maximum absolute atomic E-state index is 12.0. The second-order valence-corrected chi connectivity index (χ2v) is 5.99. The van der Waals surface area contributed by atoms with Crippen LogP contribution in [-0.4, -0.2) is 24.2 Å². The lowest BCUT2D eigenvalue weighted by Crippen LogP contribution is -2.17. The fourth-order valence-electron chi connectivity index (χ4n) is 2.41. The number of nitro benzene ring substituents is 1. The number of nitrogens with one attached hydrogen (secondary N) is 1. The van der Waals surface area contributed by atoms with Gasteiger partial charge in [0.05, 0.1) is 29.9 Å². The van der Waals surface area contributed by atoms with E-state index in [4.69, 9.17) is 20.8 Å². The highest BCUT2D eigenvalue weighted by Crippen LogP contribution is 2.34. The average molecular weight is 400 g/mol. The van der Waals surface area contributed by atoms with Crippen LogP contribution < -0.4 is 10.2 Å². The van der Waals surface area contributed by atoms with E-state index in [1.165, 1.54) is 37.6 Å². The number of hydrogen-bond donors (Lipinski definition) is 1. The predicted molar refractivity (Wildman–Crippen MR) is 104 cm³/mol. The summed E-state index contributed by atoms with van der Waals surface area (Å²) in [4.78, 5) is 22.4. The number of hydrogen-bond acceptors (Lipinski definition) is 6. The summed E-state index contributed by atoms with van der Waals surface area (Å²) in [7, 11) is 1.42. The van der Waals surface area contributed by atoms with Gasteiger partial charge in [-0.2, -0.15) is 5.10 Å². The van der Waals surface area contributed by atoms with Gasteiger partial charge in [0.25, 0.3) is 11.6 Å². The van der Waals surface area contributed by atoms with Crippen LogP contribution in [0.15, 0.2) is 64.1 Å². The van der Waals surface area contributed by atoms with Gasteiger partial charge in [-0.1, -0.05) is 17.7 Å². The Morgan fingerprint density at radius 1 is 1.25 bits per heavy atom. The normalized spacial score (nSPS) is 10.8. The van der Waals surface area contributed by atoms with Gasteiger partial charge in [-0.05, 0) is 36.4 Å². The first-order valence-corrected chi connectivity index (χ1v) is 8.37. The Kier molecular flexibility index (Phi) is 5.71. The van der Waals surface area contributed by atoms with Crippen LogP contribution in [0.25, 0.3) is 11.3 Å². The second-order valence-electron chi connectivity index (χ2n) is 5.55. The van der Waals surface area contributed by atoms with Crippen molar-refractivity contribution < 1.29 is 18.9 Å². The van der Waals surface area contributed by atoms with Crippen LogP contribution in [0.2, 0.25) is 5.02 Å². The number of carbonyl (C=O) groups excluding carboxylic acids is 1. The molecule has 28 heavy (non-hydrogen) atoms. The molecule has 0 unspecified atom stereocenters. The van der Waals surface area contributed by atoms with E-state index in [1.807, 2.05) is 0 Å². The molecular weight excluding hydrogens is 386 g/mol. The first kappa shape index (κ1) is 19.1. The van der Waals surface area contributed by atoms with E-state index in [0.29, 0.717) is 33.4 Å². The van der Waals surface area contributed by atoms with Gasteiger partial charge in [-0.3, -0.25) is 14.9 Å². The second kappa shape index (κ2) is 8.36. The van der Waals surface area contributed by atoms with E-state index < -0.39 is 10.8 Å². The van der Waals surface area contributed by atoms with Crippen LogP contribution in [-0.2, 0) is 0 Å². The first-order valence-electron chi connectivity index (χ1n) is 7.99. The van der Waals surface area contributed by atoms with Crippen LogP contribution in [0.3, 0.4) is 0 Å². The monoisotopic (exact) mass is 399 g/mol. The molecule has 0 aliphatic carbocycles. The van der Waals surface area contributed by atoms with Gasteiger partial charge >= 0.3 is 0 Å². The highest BCUT2D eigenvalue weighted by atomic mass is 35.5. The molecule has 3 rings (SSSR count). The van der Waals surface area contributed by atoms with Crippen LogP contribution in [0, 0.1) is 10.1 Å². The zero-order chi connectivity index (χ0) is 20.1. The molecule has 0 saturated carbocycles. The summed E-state index contributed by atoms with van der Waals surface area (Å²) in [5, 5.41) is 15.2. The minimum absolute atomic E-state index is 0.0855. The number of rotatable bonds is 6. The molecule has 0 atom stereocenters. The lowest BCUT2D eigenvalue weighted by molar-refractivity contribution is -0.384. The van der Waals surface area contributed by atoms with E-state index >= 15 is 0 Å². The fraction of sp³-hybridized carbons (Fsp3) is 0.0526. The first-order chi connectivity index (χ1) is 13.5. The van der Waals surface area contributed by atoms with E-state index in [1.54, 1.807) is 30.3 Å². The third-order valence-corrected chi connectivity index (χ3v) is 3.97. The summed E-state index contributed by atoms with van der Waals surface area (Å²) in [6, 6.07) is 14.0. The summed E-state index contributed by atoms with van der Waals surface area (Å²) in [6.45, 7) is 0. The highest BCUT2D eigenvalue weighted by Gasteiger charge is 2.15. The van der Waals surface area contributed by atoms with Crippen molar-refractivity contribution in [1.29, 1.82) is 0 Å². The molecule has 1 heterocycles. The minimum Gasteiger partial charge on any atom is -0.496 e. The van der Waals surface area contributed by atoms with Crippen LogP contribution in [0.4, 0.5) is 5.69 Å². The smallest absolute Gasteiger partial charge is 0.273 e. The van der Waals surface area contributed by atoms with Gasteiger partial charge in [0.15, 0.2) is 0 Å². The Balaban J connectivity index is 1.73. The molecule has 0 bridgehead atoms. The molecule has 0 aliphatic rings. The molecule has 142 valence electrons. The largest absolute Gasteiger partial charge is 0.496 e. The number of methoxy groups -OCH3 is 1. The zero-order valence-electron chi connectivity index (χ0n) is 14.6. The summed E-state index contributed by atoms with van der Waals surface area (Å²) in [6.07, 6.45) is 1.34. The maximum atomic E-state index is 12.0. The van der Waals surface area contributed by atoms with Crippen molar-refractivity contribution in [3.63, 3.8) is 0 Å². The van der Waals surface area contributed by atoms with Crippen LogP contribution >= 0.6 is 11.6 Å². The van der Waals surface area contributed by atoms with Crippen molar-refractivity contribution in [3.05, 3.63) is 81.1 Å². The van der Waals surface area contributed by atoms with Crippen molar-refractivity contribution >= 4 is 29.4 Å². The molecule has 0 saturated heterocycles. The van der Waals surface area contributed by atoms with Gasteiger partial charge in [0, 0.05) is 16.7 Å². The van der Waals surface area contributed by atoms with Gasteiger partial charge in [0.1, 0.15) is 17.3 Å². The number of halogens is 1. The lowest BCUT2D eigenvalue weighted by atomic mass is 10.1. The lowest BCUT2D eigenvalue weighted by Gasteiger charge is -2.05. The number of carbonyl (C=O) groups is 1. The van der Waals surface area contributed by atoms with E-state index in [2.05, 4.69) is 10.5 Å². The Bertz CT molecular complexity index is 1060. The Labute approximate surface area is 164 Å². The Morgan fingerprint density at radius 2 is 2.07 bits per heavy atom. The number of nitrogens with zero attached hydrogens (tertiary/aromatic N) is 2. The number of nitro groups is 1. The van der Waals surface area contributed by atoms with Gasteiger partial charge < -0.3 is 9.15 Å². The van der Waals surface area contributed by atoms with Crippen molar-refractivity contribution in [2.45, 2.75) is 0 Å². The fourth-order valence-corrected chi connectivity index (χ4v) is 2.60. The van der Waals surface area contributed by atoms with E-state index in [9.17, 15) is 14.9 Å². The SMILES string of the molecule is COc1cc([N+](=O)[O-])ccc1-c1ccc(/C=N\NC(=O)c2cccc(Cl)c2)o1. The van der Waals surface area contributed by atoms with Gasteiger partial charge in [-0.25, -0.2) is 5.43 Å². The maximum Gasteiger partial charge on any atom is 0.273 e. The van der Waals surface area contributed by atoms with Crippen LogP contribution in [0.1, 0.15) is 16.1 Å². The van der Waals surface area contributed by atoms with Crippen molar-refractivity contribution in [3.8, 4) is 17.1 Å². The molecule has 8 nitrogen and oxygen atoms in total. The molecule has 0 radical (unpaired) electrons. The van der Waals surface area contributed by atoms with Crippen molar-refractivity contribution in [2.24, 2.45) is 5.10 Å². The van der Waals surface area contributed by atoms with E-state index in [0.717, 1.165) is 0 Å². The highest BCUT2D eigenvalue weighted by molar-refractivity contribution is 6.30. The number of amides is 1.